The molecule has 142 valence electrons. The molecule has 1 aromatic heterocycles. The number of nitrogens with zero attached hydrogens (tertiary/aromatic N) is 3. The Morgan fingerprint density at radius 1 is 1.26 bits per heavy atom. The first-order valence-corrected chi connectivity index (χ1v) is 11.0. The van der Waals surface area contributed by atoms with Crippen LogP contribution in [-0.4, -0.2) is 53.7 Å². The maximum absolute atomic E-state index is 13.0. The average molecular weight is 422 g/mol. The number of benzene rings is 1. The number of hydrogen-bond donors (Lipinski definition) is 1. The van der Waals surface area contributed by atoms with Crippen LogP contribution in [0.3, 0.4) is 0 Å². The number of fused-ring (bicyclic) bond motifs is 1. The van der Waals surface area contributed by atoms with Crippen molar-refractivity contribution in [2.45, 2.75) is 17.6 Å². The van der Waals surface area contributed by atoms with E-state index in [-0.39, 0.29) is 5.91 Å². The zero-order chi connectivity index (χ0) is 19.0. The number of halogens is 1. The molecule has 1 N–H and O–H groups in total. The summed E-state index contributed by atoms with van der Waals surface area (Å²) in [4.78, 5) is 17.9. The minimum Gasteiger partial charge on any atom is -0.411 e. The molecule has 5 nitrogen and oxygen atoms in total. The van der Waals surface area contributed by atoms with Crippen molar-refractivity contribution in [3.05, 3.63) is 45.3 Å². The summed E-state index contributed by atoms with van der Waals surface area (Å²) in [6.45, 7) is 4.97. The molecule has 4 rings (SSSR count). The highest BCUT2D eigenvalue weighted by Gasteiger charge is 2.27. The van der Waals surface area contributed by atoms with Crippen LogP contribution in [0.5, 0.6) is 0 Å². The molecule has 1 aromatic carbocycles. The Balaban J connectivity index is 1.46. The second-order valence-electron chi connectivity index (χ2n) is 6.62. The molecule has 1 amide bonds. The number of rotatable bonds is 2. The molecule has 8 heteroatoms. The van der Waals surface area contributed by atoms with Gasteiger partial charge in [0.25, 0.3) is 5.91 Å². The Kier molecular flexibility index (Phi) is 5.34. The van der Waals surface area contributed by atoms with Gasteiger partial charge in [-0.1, -0.05) is 22.8 Å². The maximum atomic E-state index is 13.0. The number of hydrogen-bond acceptors (Lipinski definition) is 6. The molecule has 2 aliphatic heterocycles. The highest BCUT2D eigenvalue weighted by molar-refractivity contribution is 8.01. The second-order valence-corrected chi connectivity index (χ2v) is 9.44. The number of piperazine rings is 1. The fourth-order valence-corrected chi connectivity index (χ4v) is 6.13. The molecule has 2 aromatic rings. The van der Waals surface area contributed by atoms with Crippen LogP contribution < -0.4 is 4.90 Å². The van der Waals surface area contributed by atoms with Crippen molar-refractivity contribution in [2.75, 3.05) is 36.8 Å². The number of oxime groups is 1. The quantitative estimate of drug-likeness (QED) is 0.578. The van der Waals surface area contributed by atoms with Crippen molar-refractivity contribution in [1.29, 1.82) is 0 Å². The van der Waals surface area contributed by atoms with Crippen LogP contribution >= 0.6 is 34.7 Å². The summed E-state index contributed by atoms with van der Waals surface area (Å²) in [5.74, 6) is 0.952. The van der Waals surface area contributed by atoms with Gasteiger partial charge in [0, 0.05) is 54.6 Å². The molecular formula is C19H20ClN3O2S2. The molecule has 0 unspecified atom stereocenters. The van der Waals surface area contributed by atoms with Gasteiger partial charge >= 0.3 is 0 Å². The summed E-state index contributed by atoms with van der Waals surface area (Å²) in [7, 11) is 0. The molecule has 0 radical (unpaired) electrons. The lowest BCUT2D eigenvalue weighted by molar-refractivity contribution is 0.0751. The van der Waals surface area contributed by atoms with Crippen molar-refractivity contribution in [3.8, 4) is 0 Å². The molecule has 0 saturated carbocycles. The smallest absolute Gasteiger partial charge is 0.264 e. The van der Waals surface area contributed by atoms with Gasteiger partial charge in [-0.15, -0.1) is 23.1 Å². The van der Waals surface area contributed by atoms with E-state index in [0.717, 1.165) is 56.2 Å². The standard InChI is InChI=1S/C19H20ClN3O2S2/c1-12-14(20)3-2-4-16(12)22-6-8-23(9-7-22)18(24)17-11-13-15(21-25)5-10-26-19(13)27-17/h2-4,11,25H,5-10H2,1H3. The van der Waals surface area contributed by atoms with Gasteiger partial charge in [0.2, 0.25) is 0 Å². The van der Waals surface area contributed by atoms with E-state index >= 15 is 0 Å². The first-order chi connectivity index (χ1) is 13.1. The largest absolute Gasteiger partial charge is 0.411 e. The summed E-state index contributed by atoms with van der Waals surface area (Å²) in [6.07, 6.45) is 0.732. The number of carbonyl (C=O) groups excluding carboxylic acids is 1. The van der Waals surface area contributed by atoms with Crippen LogP contribution in [-0.2, 0) is 0 Å². The first kappa shape index (κ1) is 18.7. The van der Waals surface area contributed by atoms with E-state index in [1.165, 1.54) is 11.3 Å². The summed E-state index contributed by atoms with van der Waals surface area (Å²) >= 11 is 9.48. The number of thiophene rings is 1. The van der Waals surface area contributed by atoms with Crippen molar-refractivity contribution in [3.63, 3.8) is 0 Å². The molecule has 27 heavy (non-hydrogen) atoms. The second kappa shape index (κ2) is 7.73. The van der Waals surface area contributed by atoms with E-state index in [2.05, 4.69) is 16.1 Å². The van der Waals surface area contributed by atoms with E-state index in [1.54, 1.807) is 11.8 Å². The molecule has 0 aliphatic carbocycles. The lowest BCUT2D eigenvalue weighted by Gasteiger charge is -2.36. The van der Waals surface area contributed by atoms with Gasteiger partial charge in [-0.3, -0.25) is 4.79 Å². The molecule has 0 spiro atoms. The van der Waals surface area contributed by atoms with Crippen molar-refractivity contribution in [2.24, 2.45) is 5.16 Å². The number of anilines is 1. The number of amides is 1. The zero-order valence-electron chi connectivity index (χ0n) is 14.9. The molecule has 3 heterocycles. The third-order valence-electron chi connectivity index (χ3n) is 5.06. The Morgan fingerprint density at radius 2 is 2.04 bits per heavy atom. The van der Waals surface area contributed by atoms with E-state index in [9.17, 15) is 10.0 Å². The molecule has 0 atom stereocenters. The van der Waals surface area contributed by atoms with Crippen LogP contribution in [0.4, 0.5) is 5.69 Å². The summed E-state index contributed by atoms with van der Waals surface area (Å²) < 4.78 is 1.07. The SMILES string of the molecule is Cc1c(Cl)cccc1N1CCN(C(=O)c2cc3c(s2)SCCC3=NO)CC1. The van der Waals surface area contributed by atoms with Crippen LogP contribution in [0.1, 0.15) is 27.2 Å². The van der Waals surface area contributed by atoms with Crippen molar-refractivity contribution < 1.29 is 10.0 Å². The first-order valence-electron chi connectivity index (χ1n) is 8.85. The number of carbonyl (C=O) groups is 1. The van der Waals surface area contributed by atoms with Gasteiger partial charge in [-0.05, 0) is 30.7 Å². The van der Waals surface area contributed by atoms with Crippen LogP contribution in [0.15, 0.2) is 33.6 Å². The minimum absolute atomic E-state index is 0.0646. The maximum Gasteiger partial charge on any atom is 0.264 e. The lowest BCUT2D eigenvalue weighted by atomic mass is 10.1. The Morgan fingerprint density at radius 3 is 2.78 bits per heavy atom. The fraction of sp³-hybridized carbons (Fsp3) is 0.368. The van der Waals surface area contributed by atoms with Crippen LogP contribution in [0, 0.1) is 6.92 Å². The van der Waals surface area contributed by atoms with Gasteiger partial charge in [-0.2, -0.15) is 0 Å². The highest BCUT2D eigenvalue weighted by Crippen LogP contribution is 2.38. The van der Waals surface area contributed by atoms with Gasteiger partial charge in [0.1, 0.15) is 0 Å². The van der Waals surface area contributed by atoms with Gasteiger partial charge < -0.3 is 15.0 Å². The zero-order valence-corrected chi connectivity index (χ0v) is 17.3. The van der Waals surface area contributed by atoms with Crippen molar-refractivity contribution in [1.82, 2.24) is 4.90 Å². The molecular weight excluding hydrogens is 402 g/mol. The molecule has 0 bridgehead atoms. The Bertz CT molecular complexity index is 904. The monoisotopic (exact) mass is 421 g/mol. The fourth-order valence-electron chi connectivity index (χ4n) is 3.51. The normalized spacial score (nSPS) is 18.7. The predicted octanol–water partition coefficient (Wildman–Crippen LogP) is 4.35. The van der Waals surface area contributed by atoms with Crippen molar-refractivity contribution >= 4 is 52.0 Å². The van der Waals surface area contributed by atoms with Gasteiger partial charge in [0.15, 0.2) is 0 Å². The topological polar surface area (TPSA) is 56.1 Å². The minimum atomic E-state index is 0.0646. The Hall–Kier alpha value is -1.70. The summed E-state index contributed by atoms with van der Waals surface area (Å²) in [5, 5.41) is 13.4. The highest BCUT2D eigenvalue weighted by atomic mass is 35.5. The van der Waals surface area contributed by atoms with E-state index in [1.807, 2.05) is 30.0 Å². The van der Waals surface area contributed by atoms with Crippen LogP contribution in [0.25, 0.3) is 0 Å². The molecule has 1 fully saturated rings. The average Bonchev–Trinajstić information content (AvgIpc) is 3.14. The van der Waals surface area contributed by atoms with E-state index in [0.29, 0.717) is 18.8 Å². The van der Waals surface area contributed by atoms with Gasteiger partial charge in [-0.25, -0.2) is 0 Å². The summed E-state index contributed by atoms with van der Waals surface area (Å²) in [5.41, 5.74) is 3.81. The third-order valence-corrected chi connectivity index (χ3v) is 7.88. The number of thioether (sulfide) groups is 1. The van der Waals surface area contributed by atoms with E-state index < -0.39 is 0 Å². The molecule has 2 aliphatic rings. The molecule has 1 saturated heterocycles. The van der Waals surface area contributed by atoms with E-state index in [4.69, 9.17) is 11.6 Å². The predicted molar refractivity (Wildman–Crippen MR) is 112 cm³/mol. The lowest BCUT2D eigenvalue weighted by Crippen LogP contribution is -2.48. The Labute approximate surface area is 171 Å². The van der Waals surface area contributed by atoms with Crippen LogP contribution in [0.2, 0.25) is 5.02 Å². The third kappa shape index (κ3) is 3.56. The summed E-state index contributed by atoms with van der Waals surface area (Å²) in [6, 6.07) is 7.84. The van der Waals surface area contributed by atoms with Gasteiger partial charge in [0.05, 0.1) is 14.8 Å².